The first-order chi connectivity index (χ1) is 12.6. The average Bonchev–Trinajstić information content (AvgIpc) is 2.67. The fourth-order valence-corrected chi connectivity index (χ4v) is 3.46. The van der Waals surface area contributed by atoms with E-state index in [9.17, 15) is 5.11 Å². The number of ether oxygens (including phenoxy) is 2. The van der Waals surface area contributed by atoms with E-state index in [1.54, 1.807) is 13.3 Å². The molecule has 1 fully saturated rings. The van der Waals surface area contributed by atoms with Crippen molar-refractivity contribution in [2.24, 2.45) is 5.73 Å². The van der Waals surface area contributed by atoms with Crippen LogP contribution < -0.4 is 10.5 Å². The van der Waals surface area contributed by atoms with E-state index in [1.807, 2.05) is 18.2 Å². The Balaban J connectivity index is 1.66. The van der Waals surface area contributed by atoms with Crippen LogP contribution in [-0.4, -0.2) is 58.3 Å². The zero-order valence-corrected chi connectivity index (χ0v) is 15.0. The Bertz CT molecular complexity index is 727. The number of fused-ring (bicyclic) bond motifs is 1. The van der Waals surface area contributed by atoms with Gasteiger partial charge in [0.15, 0.2) is 0 Å². The van der Waals surface area contributed by atoms with Crippen molar-refractivity contribution < 1.29 is 19.7 Å². The highest BCUT2D eigenvalue weighted by molar-refractivity contribution is 5.78. The number of pyridine rings is 2. The highest BCUT2D eigenvalue weighted by atomic mass is 16.5. The topological polar surface area (TPSA) is 111 Å². The number of rotatable bonds is 7. The minimum Gasteiger partial charge on any atom is -0.481 e. The number of aryl methyl sites for hydroxylation is 1. The Labute approximate surface area is 153 Å². The van der Waals surface area contributed by atoms with Crippen LogP contribution in [0, 0.1) is 0 Å². The summed E-state index contributed by atoms with van der Waals surface area (Å²) in [5, 5.41) is 18.7. The van der Waals surface area contributed by atoms with Crippen LogP contribution in [0.2, 0.25) is 0 Å². The van der Waals surface area contributed by atoms with Gasteiger partial charge in [-0.15, -0.1) is 0 Å². The Hall–Kier alpha value is -1.80. The third-order valence-electron chi connectivity index (χ3n) is 4.97. The quantitative estimate of drug-likeness (QED) is 0.679. The van der Waals surface area contributed by atoms with Gasteiger partial charge in [-0.1, -0.05) is 0 Å². The smallest absolute Gasteiger partial charge is 0.213 e. The minimum atomic E-state index is -0.786. The summed E-state index contributed by atoms with van der Waals surface area (Å²) in [4.78, 5) is 8.89. The number of methoxy groups -OCH3 is 1. The Kier molecular flexibility index (Phi) is 6.37. The van der Waals surface area contributed by atoms with Crippen LogP contribution in [0.3, 0.4) is 0 Å². The summed E-state index contributed by atoms with van der Waals surface area (Å²) in [7, 11) is 1.60. The first-order valence-corrected chi connectivity index (χ1v) is 9.09. The van der Waals surface area contributed by atoms with Crippen LogP contribution in [0.25, 0.3) is 11.0 Å². The summed E-state index contributed by atoms with van der Waals surface area (Å²) < 4.78 is 11.3. The van der Waals surface area contributed by atoms with E-state index in [2.05, 4.69) is 9.97 Å². The molecule has 1 saturated heterocycles. The van der Waals surface area contributed by atoms with E-state index >= 15 is 0 Å². The molecule has 0 spiro atoms. The van der Waals surface area contributed by atoms with Crippen LogP contribution in [-0.2, 0) is 11.2 Å². The summed E-state index contributed by atoms with van der Waals surface area (Å²) in [6, 6.07) is 5.60. The zero-order chi connectivity index (χ0) is 18.5. The van der Waals surface area contributed by atoms with Crippen LogP contribution in [0.4, 0.5) is 0 Å². The molecule has 0 radical (unpaired) electrons. The largest absolute Gasteiger partial charge is 0.481 e. The molecule has 7 heteroatoms. The van der Waals surface area contributed by atoms with Crippen molar-refractivity contribution in [3.63, 3.8) is 0 Å². The molecule has 142 valence electrons. The van der Waals surface area contributed by atoms with Gasteiger partial charge in [0.2, 0.25) is 5.88 Å². The van der Waals surface area contributed by atoms with Crippen molar-refractivity contribution in [3.8, 4) is 5.88 Å². The maximum Gasteiger partial charge on any atom is 0.213 e. The second-order valence-corrected chi connectivity index (χ2v) is 6.84. The molecule has 0 bridgehead atoms. The molecule has 1 aliphatic heterocycles. The maximum absolute atomic E-state index is 9.68. The van der Waals surface area contributed by atoms with Gasteiger partial charge in [-0.25, -0.2) is 4.98 Å². The summed E-state index contributed by atoms with van der Waals surface area (Å²) in [6.07, 6.45) is 4.65. The molecular formula is C19H27N3O4. The fourth-order valence-electron chi connectivity index (χ4n) is 3.46. The lowest BCUT2D eigenvalue weighted by atomic mass is 9.93. The molecule has 0 aliphatic carbocycles. The lowest BCUT2D eigenvalue weighted by Crippen LogP contribution is -2.46. The zero-order valence-electron chi connectivity index (χ0n) is 15.0. The van der Waals surface area contributed by atoms with Crippen molar-refractivity contribution in [3.05, 3.63) is 30.0 Å². The van der Waals surface area contributed by atoms with Gasteiger partial charge in [-0.3, -0.25) is 4.98 Å². The summed E-state index contributed by atoms with van der Waals surface area (Å²) in [6.45, 7) is -0.270. The third kappa shape index (κ3) is 4.48. The highest BCUT2D eigenvalue weighted by Gasteiger charge is 2.30. The average molecular weight is 361 g/mol. The lowest BCUT2D eigenvalue weighted by molar-refractivity contribution is -0.0855. The number of hydrogen-bond donors (Lipinski definition) is 3. The number of hydrogen-bond acceptors (Lipinski definition) is 7. The standard InChI is InChI=1S/C19H27N3O4/c1-25-18-7-6-16-19(22-18)12(8-9-21-16)2-3-14-4-5-15(20)17(26-14)10-13(24)11-23/h6-9,13-15,17,23-24H,2-5,10-11,20H2,1H3/t13-,14+,15+,17+/m0/s1. The van der Waals surface area contributed by atoms with E-state index in [4.69, 9.17) is 20.3 Å². The molecule has 0 saturated carbocycles. The van der Waals surface area contributed by atoms with Crippen molar-refractivity contribution in [2.45, 2.75) is 56.5 Å². The molecule has 2 aromatic heterocycles. The van der Waals surface area contributed by atoms with Gasteiger partial charge >= 0.3 is 0 Å². The predicted octanol–water partition coefficient (Wildman–Crippen LogP) is 1.19. The minimum absolute atomic E-state index is 0.0829. The van der Waals surface area contributed by atoms with E-state index < -0.39 is 6.10 Å². The molecule has 4 atom stereocenters. The third-order valence-corrected chi connectivity index (χ3v) is 4.97. The fraction of sp³-hybridized carbons (Fsp3) is 0.579. The molecule has 1 aliphatic rings. The Morgan fingerprint density at radius 1 is 1.35 bits per heavy atom. The van der Waals surface area contributed by atoms with Crippen molar-refractivity contribution in [1.82, 2.24) is 9.97 Å². The lowest BCUT2D eigenvalue weighted by Gasteiger charge is -2.35. The second-order valence-electron chi connectivity index (χ2n) is 6.84. The SMILES string of the molecule is COc1ccc2nccc(CC[C@@H]3CC[C@@H](N)[C@@H](C[C@H](O)CO)O3)c2n1. The summed E-state index contributed by atoms with van der Waals surface area (Å²) >= 11 is 0. The molecule has 0 aromatic carbocycles. The van der Waals surface area contributed by atoms with E-state index in [1.165, 1.54) is 0 Å². The van der Waals surface area contributed by atoms with Gasteiger partial charge in [0.1, 0.15) is 0 Å². The molecule has 3 heterocycles. The van der Waals surface area contributed by atoms with E-state index in [0.717, 1.165) is 42.3 Å². The molecule has 4 N–H and O–H groups in total. The predicted molar refractivity (Wildman–Crippen MR) is 98.0 cm³/mol. The first-order valence-electron chi connectivity index (χ1n) is 9.09. The van der Waals surface area contributed by atoms with Gasteiger partial charge < -0.3 is 25.4 Å². The van der Waals surface area contributed by atoms with E-state index in [0.29, 0.717) is 12.3 Å². The van der Waals surface area contributed by atoms with Gasteiger partial charge in [0, 0.05) is 24.7 Å². The van der Waals surface area contributed by atoms with Crippen LogP contribution in [0.1, 0.15) is 31.2 Å². The monoisotopic (exact) mass is 361 g/mol. The molecule has 7 nitrogen and oxygen atoms in total. The summed E-state index contributed by atoms with van der Waals surface area (Å²) in [5.41, 5.74) is 8.92. The van der Waals surface area contributed by atoms with Crippen LogP contribution in [0.5, 0.6) is 5.88 Å². The van der Waals surface area contributed by atoms with Crippen molar-refractivity contribution >= 4 is 11.0 Å². The number of aliphatic hydroxyl groups excluding tert-OH is 2. The Morgan fingerprint density at radius 3 is 2.96 bits per heavy atom. The first kappa shape index (κ1) is 19.0. The summed E-state index contributed by atoms with van der Waals surface area (Å²) in [5.74, 6) is 0.574. The second kappa shape index (κ2) is 8.73. The highest BCUT2D eigenvalue weighted by Crippen LogP contribution is 2.26. The molecule has 3 rings (SSSR count). The number of aliphatic hydroxyl groups is 2. The van der Waals surface area contributed by atoms with Gasteiger partial charge in [-0.05, 0) is 43.4 Å². The number of aromatic nitrogens is 2. The van der Waals surface area contributed by atoms with E-state index in [-0.39, 0.29) is 24.9 Å². The van der Waals surface area contributed by atoms with Gasteiger partial charge in [-0.2, -0.15) is 0 Å². The van der Waals surface area contributed by atoms with Gasteiger partial charge in [0.25, 0.3) is 0 Å². The van der Waals surface area contributed by atoms with Crippen LogP contribution >= 0.6 is 0 Å². The maximum atomic E-state index is 9.68. The van der Waals surface area contributed by atoms with Crippen LogP contribution in [0.15, 0.2) is 24.4 Å². The van der Waals surface area contributed by atoms with Gasteiger partial charge in [0.05, 0.1) is 43.1 Å². The molecule has 2 aromatic rings. The van der Waals surface area contributed by atoms with Crippen molar-refractivity contribution in [2.75, 3.05) is 13.7 Å². The number of nitrogens with two attached hydrogens (primary N) is 1. The molecular weight excluding hydrogens is 334 g/mol. The van der Waals surface area contributed by atoms with Crippen molar-refractivity contribution in [1.29, 1.82) is 0 Å². The molecule has 26 heavy (non-hydrogen) atoms. The normalized spacial score (nSPS) is 24.5. The number of nitrogens with zero attached hydrogens (tertiary/aromatic N) is 2. The molecule has 0 amide bonds. The Morgan fingerprint density at radius 2 is 2.19 bits per heavy atom. The molecule has 0 unspecified atom stereocenters.